The van der Waals surface area contributed by atoms with Crippen molar-refractivity contribution < 1.29 is 5.11 Å². The Kier molecular flexibility index (Phi) is 5.26. The molecule has 2 heteroatoms. The molecule has 0 heterocycles. The van der Waals surface area contributed by atoms with Gasteiger partial charge in [-0.05, 0) is 49.5 Å². The van der Waals surface area contributed by atoms with Gasteiger partial charge in [0, 0.05) is 6.04 Å². The van der Waals surface area contributed by atoms with E-state index in [1.807, 2.05) is 0 Å². The summed E-state index contributed by atoms with van der Waals surface area (Å²) in [5.74, 6) is 1.55. The maximum absolute atomic E-state index is 9.37. The van der Waals surface area contributed by atoms with Gasteiger partial charge >= 0.3 is 0 Å². The van der Waals surface area contributed by atoms with E-state index in [4.69, 9.17) is 0 Å². The van der Waals surface area contributed by atoms with Crippen molar-refractivity contribution in [2.75, 3.05) is 13.2 Å². The summed E-state index contributed by atoms with van der Waals surface area (Å²) in [6.45, 7) is 10.4. The minimum absolute atomic E-state index is 0.290. The summed E-state index contributed by atoms with van der Waals surface area (Å²) >= 11 is 0. The second-order valence-electron chi connectivity index (χ2n) is 6.32. The number of aliphatic hydroxyl groups is 1. The molecule has 1 saturated carbocycles. The van der Waals surface area contributed by atoms with E-state index in [0.29, 0.717) is 24.0 Å². The van der Waals surface area contributed by atoms with E-state index < -0.39 is 0 Å². The summed E-state index contributed by atoms with van der Waals surface area (Å²) < 4.78 is 0. The van der Waals surface area contributed by atoms with Gasteiger partial charge in [-0.25, -0.2) is 0 Å². The molecule has 0 radical (unpaired) electrons. The highest BCUT2D eigenvalue weighted by Crippen LogP contribution is 2.40. The molecule has 1 atom stereocenters. The van der Waals surface area contributed by atoms with E-state index in [2.05, 4.69) is 33.0 Å². The molecule has 0 saturated heterocycles. The van der Waals surface area contributed by atoms with Crippen LogP contribution in [0.25, 0.3) is 0 Å². The van der Waals surface area contributed by atoms with Gasteiger partial charge in [0.1, 0.15) is 0 Å². The second kappa shape index (κ2) is 6.02. The summed E-state index contributed by atoms with van der Waals surface area (Å²) in [6.07, 6.45) is 5.21. The number of hydrogen-bond donors (Lipinski definition) is 2. The van der Waals surface area contributed by atoms with Crippen molar-refractivity contribution in [1.29, 1.82) is 0 Å². The van der Waals surface area contributed by atoms with Crippen LogP contribution in [0.15, 0.2) is 0 Å². The van der Waals surface area contributed by atoms with E-state index in [1.54, 1.807) is 0 Å². The highest BCUT2D eigenvalue weighted by atomic mass is 16.3. The third-order valence-electron chi connectivity index (χ3n) is 4.23. The van der Waals surface area contributed by atoms with Crippen LogP contribution in [0.5, 0.6) is 0 Å². The first-order valence-electron chi connectivity index (χ1n) is 6.83. The summed E-state index contributed by atoms with van der Waals surface area (Å²) in [7, 11) is 0. The Morgan fingerprint density at radius 3 is 2.12 bits per heavy atom. The molecule has 1 aliphatic rings. The topological polar surface area (TPSA) is 32.3 Å². The average molecular weight is 227 g/mol. The van der Waals surface area contributed by atoms with E-state index in [0.717, 1.165) is 12.5 Å². The molecular weight excluding hydrogens is 198 g/mol. The highest BCUT2D eigenvalue weighted by molar-refractivity contribution is 4.85. The molecule has 0 amide bonds. The van der Waals surface area contributed by atoms with Gasteiger partial charge in [-0.2, -0.15) is 0 Å². The summed E-state index contributed by atoms with van der Waals surface area (Å²) in [5, 5.41) is 12.8. The molecule has 0 aromatic carbocycles. The van der Waals surface area contributed by atoms with E-state index in [-0.39, 0.29) is 0 Å². The molecule has 0 bridgehead atoms. The summed E-state index contributed by atoms with van der Waals surface area (Å²) in [6, 6.07) is 0.325. The lowest BCUT2D eigenvalue weighted by atomic mass is 9.68. The molecule has 96 valence electrons. The maximum atomic E-state index is 9.37. The molecule has 1 aliphatic carbocycles. The lowest BCUT2D eigenvalue weighted by Crippen LogP contribution is -2.41. The normalized spacial score (nSPS) is 29.1. The molecule has 2 nitrogen and oxygen atoms in total. The second-order valence-corrected chi connectivity index (χ2v) is 6.32. The minimum atomic E-state index is 0.290. The summed E-state index contributed by atoms with van der Waals surface area (Å²) in [4.78, 5) is 0. The third kappa shape index (κ3) is 3.74. The zero-order valence-electron chi connectivity index (χ0n) is 11.4. The highest BCUT2D eigenvalue weighted by Gasteiger charge is 2.32. The first-order chi connectivity index (χ1) is 7.49. The Morgan fingerprint density at radius 2 is 1.75 bits per heavy atom. The van der Waals surface area contributed by atoms with Crippen molar-refractivity contribution in [1.82, 2.24) is 5.32 Å². The average Bonchev–Trinajstić information content (AvgIpc) is 2.25. The number of likely N-dealkylation sites (N-methyl/N-ethyl adjacent to an activating group) is 1. The number of rotatable bonds is 4. The van der Waals surface area contributed by atoms with Crippen molar-refractivity contribution in [2.24, 2.45) is 17.3 Å². The zero-order chi connectivity index (χ0) is 12.2. The van der Waals surface area contributed by atoms with Crippen LogP contribution in [0.1, 0.15) is 53.4 Å². The van der Waals surface area contributed by atoms with Crippen LogP contribution in [-0.4, -0.2) is 24.3 Å². The zero-order valence-corrected chi connectivity index (χ0v) is 11.4. The van der Waals surface area contributed by atoms with Crippen LogP contribution >= 0.6 is 0 Å². The molecule has 2 N–H and O–H groups in total. The van der Waals surface area contributed by atoms with E-state index >= 15 is 0 Å². The Hall–Kier alpha value is -0.0800. The fourth-order valence-corrected chi connectivity index (χ4v) is 3.03. The van der Waals surface area contributed by atoms with Gasteiger partial charge in [0.25, 0.3) is 0 Å². The summed E-state index contributed by atoms with van der Waals surface area (Å²) in [5.41, 5.74) is 0.456. The number of aliphatic hydroxyl groups excluding tert-OH is 1. The van der Waals surface area contributed by atoms with Crippen molar-refractivity contribution in [3.05, 3.63) is 0 Å². The molecule has 0 aromatic rings. The van der Waals surface area contributed by atoms with E-state index in [9.17, 15) is 5.11 Å². The number of nitrogens with one attached hydrogen (secondary N) is 1. The molecule has 1 unspecified atom stereocenters. The van der Waals surface area contributed by atoms with Crippen LogP contribution in [0.2, 0.25) is 0 Å². The Balaban J connectivity index is 2.41. The maximum Gasteiger partial charge on any atom is 0.0587 e. The Morgan fingerprint density at radius 1 is 1.19 bits per heavy atom. The molecule has 0 spiro atoms. The van der Waals surface area contributed by atoms with Crippen LogP contribution in [-0.2, 0) is 0 Å². The van der Waals surface area contributed by atoms with E-state index in [1.165, 1.54) is 25.7 Å². The smallest absolute Gasteiger partial charge is 0.0587 e. The third-order valence-corrected chi connectivity index (χ3v) is 4.23. The van der Waals surface area contributed by atoms with Crippen molar-refractivity contribution in [2.45, 2.75) is 59.4 Å². The van der Waals surface area contributed by atoms with Gasteiger partial charge in [-0.15, -0.1) is 0 Å². The van der Waals surface area contributed by atoms with Gasteiger partial charge in [-0.3, -0.25) is 0 Å². The van der Waals surface area contributed by atoms with Crippen LogP contribution < -0.4 is 5.32 Å². The molecular formula is C14H29NO. The van der Waals surface area contributed by atoms with Crippen molar-refractivity contribution in [3.63, 3.8) is 0 Å². The largest absolute Gasteiger partial charge is 0.395 e. The molecule has 1 rings (SSSR count). The minimum Gasteiger partial charge on any atom is -0.395 e. The monoisotopic (exact) mass is 227 g/mol. The lowest BCUT2D eigenvalue weighted by molar-refractivity contribution is 0.111. The number of hydrogen-bond acceptors (Lipinski definition) is 2. The van der Waals surface area contributed by atoms with Crippen molar-refractivity contribution >= 4 is 0 Å². The van der Waals surface area contributed by atoms with Crippen LogP contribution in [0.3, 0.4) is 0 Å². The quantitative estimate of drug-likeness (QED) is 0.774. The first-order valence-corrected chi connectivity index (χ1v) is 6.83. The Labute approximate surface area is 101 Å². The van der Waals surface area contributed by atoms with Crippen molar-refractivity contribution in [3.8, 4) is 0 Å². The van der Waals surface area contributed by atoms with Gasteiger partial charge in [0.05, 0.1) is 6.61 Å². The van der Waals surface area contributed by atoms with Crippen LogP contribution in [0.4, 0.5) is 0 Å². The van der Waals surface area contributed by atoms with Crippen LogP contribution in [0, 0.1) is 17.3 Å². The molecule has 0 aliphatic heterocycles. The fourth-order valence-electron chi connectivity index (χ4n) is 3.03. The SMILES string of the molecule is CCNC(CO)C1CCC(C(C)(C)C)CC1. The Bertz CT molecular complexity index is 189. The predicted molar refractivity (Wildman–Crippen MR) is 69.5 cm³/mol. The fraction of sp³-hybridized carbons (Fsp3) is 1.00. The lowest BCUT2D eigenvalue weighted by Gasteiger charge is -2.39. The predicted octanol–water partition coefficient (Wildman–Crippen LogP) is 2.81. The van der Waals surface area contributed by atoms with Gasteiger partial charge in [-0.1, -0.05) is 27.7 Å². The van der Waals surface area contributed by atoms with Gasteiger partial charge < -0.3 is 10.4 Å². The standard InChI is InChI=1S/C14H29NO/c1-5-15-13(10-16)11-6-8-12(9-7-11)14(2,3)4/h11-13,15-16H,5-10H2,1-4H3. The first kappa shape index (κ1) is 14.0. The molecule has 0 aromatic heterocycles. The molecule has 1 fully saturated rings. The molecule has 16 heavy (non-hydrogen) atoms. The van der Waals surface area contributed by atoms with Gasteiger partial charge in [0.15, 0.2) is 0 Å². The van der Waals surface area contributed by atoms with Gasteiger partial charge in [0.2, 0.25) is 0 Å².